The molecule has 0 fully saturated rings. The highest BCUT2D eigenvalue weighted by molar-refractivity contribution is 7.79. The Kier molecular flexibility index (Phi) is 9.57. The molecule has 1 aliphatic rings. The molecule has 134 valence electrons. The second-order valence-electron chi connectivity index (χ2n) is 4.11. The van der Waals surface area contributed by atoms with Gasteiger partial charge in [-0.05, 0) is 6.92 Å². The molecule has 22 heavy (non-hydrogen) atoms. The molecule has 0 aromatic rings. The summed E-state index contributed by atoms with van der Waals surface area (Å²) in [7, 11) is -2.59. The first-order valence-electron chi connectivity index (χ1n) is 5.91. The third-order valence-corrected chi connectivity index (χ3v) is 2.20. The van der Waals surface area contributed by atoms with Crippen LogP contribution in [0.15, 0.2) is 12.4 Å². The zero-order valence-corrected chi connectivity index (χ0v) is 13.0. The Morgan fingerprint density at radius 1 is 1.09 bits per heavy atom. The minimum atomic E-state index is -5.39. The summed E-state index contributed by atoms with van der Waals surface area (Å²) in [6, 6.07) is 0. The molecule has 0 unspecified atom stereocenters. The van der Waals surface area contributed by atoms with E-state index in [0.29, 0.717) is 0 Å². The van der Waals surface area contributed by atoms with Crippen molar-refractivity contribution in [1.82, 2.24) is 9.80 Å². The van der Waals surface area contributed by atoms with E-state index < -0.39 is 28.9 Å². The third kappa shape index (κ3) is 12.6. The van der Waals surface area contributed by atoms with Crippen molar-refractivity contribution in [2.75, 3.05) is 20.3 Å². The van der Waals surface area contributed by atoms with E-state index in [4.69, 9.17) is 17.5 Å². The summed E-state index contributed by atoms with van der Waals surface area (Å²) in [5.41, 5.74) is 0. The van der Waals surface area contributed by atoms with E-state index in [2.05, 4.69) is 36.2 Å². The number of hydrogen-bond donors (Lipinski definition) is 2. The number of halogens is 5. The minimum absolute atomic E-state index is 0.785. The van der Waals surface area contributed by atoms with E-state index in [1.807, 2.05) is 0 Å². The number of hydrogen-bond acceptors (Lipinski definition) is 4. The summed E-state index contributed by atoms with van der Waals surface area (Å²) in [5.74, 6) is -4.52. The van der Waals surface area contributed by atoms with Crippen LogP contribution in [0, 0.1) is 0 Å². The molecule has 0 saturated heterocycles. The largest absolute Gasteiger partial charge is 0.453 e. The summed E-state index contributed by atoms with van der Waals surface area (Å²) >= 11 is 0. The Hall–Kier alpha value is -1.14. The molecule has 0 saturated carbocycles. The van der Waals surface area contributed by atoms with Crippen LogP contribution in [0.3, 0.4) is 0 Å². The Morgan fingerprint density at radius 3 is 1.59 bits per heavy atom. The van der Waals surface area contributed by atoms with Crippen LogP contribution >= 0.6 is 0 Å². The average Bonchev–Trinajstić information content (AvgIpc) is 2.72. The van der Waals surface area contributed by atoms with Crippen molar-refractivity contribution in [3.63, 3.8) is 0 Å². The second-order valence-corrected chi connectivity index (χ2v) is 5.00. The lowest BCUT2D eigenvalue weighted by Gasteiger charge is -2.16. The van der Waals surface area contributed by atoms with Crippen molar-refractivity contribution >= 4 is 10.4 Å². The molecule has 0 aromatic heterocycles. The highest BCUT2D eigenvalue weighted by Crippen LogP contribution is 2.37. The van der Waals surface area contributed by atoms with E-state index in [1.165, 1.54) is 0 Å². The number of alkyl halides is 5. The second kappa shape index (κ2) is 9.10. The van der Waals surface area contributed by atoms with Crippen molar-refractivity contribution < 1.29 is 39.5 Å². The van der Waals surface area contributed by atoms with Gasteiger partial charge >= 0.3 is 22.5 Å². The standard InChI is InChI=1S/C6H12N2.C4H5F5.H2O4S/c1-3-8-5-4-7(2)6-8;1-2-3(5,6)4(7,8)9;1-5(2,3)4/h4-5H,3,6H2,1-2H3;2H2,1H3;(H2,1,2,3,4). The highest BCUT2D eigenvalue weighted by Gasteiger charge is 2.55. The van der Waals surface area contributed by atoms with Crippen LogP contribution < -0.4 is 0 Å². The summed E-state index contributed by atoms with van der Waals surface area (Å²) < 4.78 is 87.9. The van der Waals surface area contributed by atoms with Gasteiger partial charge < -0.3 is 9.80 Å². The van der Waals surface area contributed by atoms with Gasteiger partial charge in [-0.15, -0.1) is 0 Å². The van der Waals surface area contributed by atoms with E-state index in [0.717, 1.165) is 20.1 Å². The van der Waals surface area contributed by atoms with Crippen molar-refractivity contribution in [3.8, 4) is 0 Å². The molecule has 1 rings (SSSR count). The SMILES string of the molecule is CCC(F)(F)C(F)(F)F.CCN1C=CN(C)C1.O=S(=O)(O)O. The minimum Gasteiger partial charge on any atom is -0.362 e. The van der Waals surface area contributed by atoms with Gasteiger partial charge in [0.1, 0.15) is 0 Å². The Bertz CT molecular complexity index is 431. The van der Waals surface area contributed by atoms with Gasteiger partial charge in [0, 0.05) is 32.4 Å². The van der Waals surface area contributed by atoms with Gasteiger partial charge in [-0.3, -0.25) is 9.11 Å². The van der Waals surface area contributed by atoms with Crippen LogP contribution in [0.1, 0.15) is 20.3 Å². The lowest BCUT2D eigenvalue weighted by Crippen LogP contribution is -2.35. The molecule has 0 amide bonds. The lowest BCUT2D eigenvalue weighted by atomic mass is 10.2. The van der Waals surface area contributed by atoms with E-state index in [9.17, 15) is 22.0 Å². The zero-order chi connectivity index (χ0) is 18.2. The van der Waals surface area contributed by atoms with E-state index >= 15 is 0 Å². The van der Waals surface area contributed by atoms with Gasteiger partial charge in [-0.25, -0.2) is 0 Å². The van der Waals surface area contributed by atoms with Crippen molar-refractivity contribution in [2.24, 2.45) is 0 Å². The monoisotopic (exact) mass is 358 g/mol. The predicted octanol–water partition coefficient (Wildman–Crippen LogP) is 2.62. The van der Waals surface area contributed by atoms with Crippen LogP contribution in [0.25, 0.3) is 0 Å². The van der Waals surface area contributed by atoms with E-state index in [1.54, 1.807) is 0 Å². The van der Waals surface area contributed by atoms with E-state index in [-0.39, 0.29) is 0 Å². The van der Waals surface area contributed by atoms with Crippen LogP contribution in [0.2, 0.25) is 0 Å². The molecule has 0 aliphatic carbocycles. The van der Waals surface area contributed by atoms with Gasteiger partial charge in [0.15, 0.2) is 0 Å². The predicted molar refractivity (Wildman–Crippen MR) is 69.6 cm³/mol. The Morgan fingerprint density at radius 2 is 1.50 bits per heavy atom. The molecule has 0 bridgehead atoms. The van der Waals surface area contributed by atoms with Gasteiger partial charge in [-0.1, -0.05) is 6.92 Å². The fraction of sp³-hybridized carbons (Fsp3) is 0.800. The molecule has 12 heteroatoms. The van der Waals surface area contributed by atoms with Crippen molar-refractivity contribution in [3.05, 3.63) is 12.4 Å². The summed E-state index contributed by atoms with van der Waals surface area (Å²) in [6.07, 6.45) is -2.39. The molecule has 6 nitrogen and oxygen atoms in total. The first kappa shape index (κ1) is 23.1. The molecular formula is C10H19F5N2O4S. The van der Waals surface area contributed by atoms with Crippen LogP contribution in [-0.2, 0) is 10.4 Å². The Labute approximate surface area is 125 Å². The molecule has 0 radical (unpaired) electrons. The highest BCUT2D eigenvalue weighted by atomic mass is 32.3. The molecule has 0 atom stereocenters. The maximum Gasteiger partial charge on any atom is 0.453 e. The molecule has 0 spiro atoms. The fourth-order valence-electron chi connectivity index (χ4n) is 0.995. The zero-order valence-electron chi connectivity index (χ0n) is 12.2. The molecule has 1 heterocycles. The fourth-order valence-corrected chi connectivity index (χ4v) is 0.995. The summed E-state index contributed by atoms with van der Waals surface area (Å²) in [5, 5.41) is 0. The maximum atomic E-state index is 11.5. The van der Waals surface area contributed by atoms with Crippen LogP contribution in [0.4, 0.5) is 22.0 Å². The van der Waals surface area contributed by atoms with Crippen LogP contribution in [-0.4, -0.2) is 59.7 Å². The first-order valence-corrected chi connectivity index (χ1v) is 7.30. The first-order chi connectivity index (χ1) is 9.64. The topological polar surface area (TPSA) is 81.1 Å². The van der Waals surface area contributed by atoms with Crippen molar-refractivity contribution in [2.45, 2.75) is 32.4 Å². The number of rotatable bonds is 2. The van der Waals surface area contributed by atoms with Crippen molar-refractivity contribution in [1.29, 1.82) is 0 Å². The smallest absolute Gasteiger partial charge is 0.362 e. The van der Waals surface area contributed by atoms with Gasteiger partial charge in [0.2, 0.25) is 0 Å². The molecule has 1 aliphatic heterocycles. The third-order valence-electron chi connectivity index (χ3n) is 2.20. The normalized spacial score (nSPS) is 15.0. The van der Waals surface area contributed by atoms with Gasteiger partial charge in [0.25, 0.3) is 0 Å². The Balaban J connectivity index is 0. The van der Waals surface area contributed by atoms with Gasteiger partial charge in [0.05, 0.1) is 6.67 Å². The quantitative estimate of drug-likeness (QED) is 0.583. The van der Waals surface area contributed by atoms with Crippen LogP contribution in [0.5, 0.6) is 0 Å². The lowest BCUT2D eigenvalue weighted by molar-refractivity contribution is -0.282. The number of nitrogens with zero attached hydrogens (tertiary/aromatic N) is 2. The summed E-state index contributed by atoms with van der Waals surface area (Å²) in [4.78, 5) is 4.41. The average molecular weight is 358 g/mol. The molecule has 2 N–H and O–H groups in total. The molecular weight excluding hydrogens is 339 g/mol. The molecule has 0 aromatic carbocycles. The maximum absolute atomic E-state index is 11.5. The van der Waals surface area contributed by atoms with Gasteiger partial charge in [-0.2, -0.15) is 30.4 Å². The summed E-state index contributed by atoms with van der Waals surface area (Å²) in [6.45, 7) is 5.11.